The summed E-state index contributed by atoms with van der Waals surface area (Å²) in [6, 6.07) is 10.7. The number of carbonyl (C=O) groups is 8. The second-order valence-electron chi connectivity index (χ2n) is 15.5. The summed E-state index contributed by atoms with van der Waals surface area (Å²) in [6.07, 6.45) is 4.75. The molecule has 0 bridgehead atoms. The van der Waals surface area contributed by atoms with E-state index in [1.54, 1.807) is 17.5 Å². The highest BCUT2D eigenvalue weighted by atomic mass is 32.1. The van der Waals surface area contributed by atoms with E-state index in [0.29, 0.717) is 29.0 Å². The maximum atomic E-state index is 14.3. The van der Waals surface area contributed by atoms with Crippen LogP contribution in [0, 0.1) is 0 Å². The predicted octanol–water partition coefficient (Wildman–Crippen LogP) is -0.942. The number of carbonyl (C=O) groups excluding carboxylic acids is 8. The Labute approximate surface area is 385 Å². The summed E-state index contributed by atoms with van der Waals surface area (Å²) >= 11 is 1.33. The number of aromatic amines is 1. The number of nitrogens with two attached hydrogens (primary N) is 3. The molecule has 2 aromatic heterocycles. The molecule has 0 aliphatic heterocycles. The van der Waals surface area contributed by atoms with E-state index in [0.717, 1.165) is 17.2 Å². The number of nitrogens with one attached hydrogen (secondary N) is 8. The minimum absolute atomic E-state index is 0.00869. The lowest BCUT2D eigenvalue weighted by molar-refractivity contribution is -0.135. The molecule has 0 saturated carbocycles. The van der Waals surface area contributed by atoms with E-state index in [1.165, 1.54) is 30.8 Å². The largest absolute Gasteiger partial charge is 0.370 e. The number of unbranched alkanes of at least 4 members (excludes halogenated alkanes) is 1. The summed E-state index contributed by atoms with van der Waals surface area (Å²) < 4.78 is 0. The van der Waals surface area contributed by atoms with Crippen LogP contribution in [0.3, 0.4) is 0 Å². The van der Waals surface area contributed by atoms with Gasteiger partial charge in [0.2, 0.25) is 47.3 Å². The van der Waals surface area contributed by atoms with E-state index >= 15 is 0 Å². The van der Waals surface area contributed by atoms with Gasteiger partial charge in [-0.25, -0.2) is 4.98 Å². The summed E-state index contributed by atoms with van der Waals surface area (Å²) in [4.78, 5) is 117. The van der Waals surface area contributed by atoms with Crippen LogP contribution >= 0.6 is 11.3 Å². The molecule has 2 heterocycles. The van der Waals surface area contributed by atoms with Crippen LogP contribution in [0.1, 0.15) is 62.1 Å². The van der Waals surface area contributed by atoms with Crippen molar-refractivity contribution in [2.24, 2.45) is 22.2 Å². The van der Waals surface area contributed by atoms with Crippen LogP contribution in [0.15, 0.2) is 77.5 Å². The van der Waals surface area contributed by atoms with Gasteiger partial charge in [0.1, 0.15) is 30.2 Å². The molecular formula is C44H59N13O8S. The average Bonchev–Trinajstić information content (AvgIpc) is 4.01. The first kappa shape index (κ1) is 51.3. The molecule has 4 rings (SSSR count). The molecule has 2 aromatic carbocycles. The van der Waals surface area contributed by atoms with Gasteiger partial charge in [0.25, 0.3) is 0 Å². The Morgan fingerprint density at radius 2 is 1.30 bits per heavy atom. The monoisotopic (exact) mass is 929 g/mol. The lowest BCUT2D eigenvalue weighted by atomic mass is 10.0. The van der Waals surface area contributed by atoms with Crippen molar-refractivity contribution < 1.29 is 38.4 Å². The van der Waals surface area contributed by atoms with Crippen LogP contribution in [0.2, 0.25) is 0 Å². The van der Waals surface area contributed by atoms with Crippen molar-refractivity contribution in [1.29, 1.82) is 0 Å². The summed E-state index contributed by atoms with van der Waals surface area (Å²) in [6.45, 7) is 2.31. The number of thiophene rings is 1. The SMILES string of the molecule is CCCC[C@H](NC(C)=O)C(=O)NCC(=O)N[C@@H](Cc1cnc[nH]1)C(=O)N[C@H](Cc1cccs1)C(=O)N[C@@H](CCCN=C(N)N)C(=O)N[C@@H](Cc1ccc2ccccc2c1)C(=O)NCC(N)=O. The molecule has 0 saturated heterocycles. The second kappa shape index (κ2) is 26.4. The zero-order chi connectivity index (χ0) is 48.0. The minimum Gasteiger partial charge on any atom is -0.370 e. The summed E-state index contributed by atoms with van der Waals surface area (Å²) in [5.41, 5.74) is 17.5. The number of aromatic nitrogens is 2. The fourth-order valence-corrected chi connectivity index (χ4v) is 7.57. The molecule has 4 aromatic rings. The number of benzene rings is 2. The number of imidazole rings is 1. The van der Waals surface area contributed by atoms with Gasteiger partial charge in [0.15, 0.2) is 5.96 Å². The molecule has 354 valence electrons. The van der Waals surface area contributed by atoms with E-state index in [2.05, 4.69) is 52.2 Å². The molecule has 0 aliphatic carbocycles. The third kappa shape index (κ3) is 17.7. The van der Waals surface area contributed by atoms with Crippen molar-refractivity contribution in [2.45, 2.75) is 95.4 Å². The Bertz CT molecular complexity index is 2300. The standard InChI is InChI=1S/C44H59N13O8S/c1-3-4-12-32(53-26(2)58)39(61)51-24-38(60)54-35(20-30-22-48-25-52-30)42(64)57-36(21-31-11-8-17-66-31)43(65)55-33(13-7-16-49-44(46)47)41(63)56-34(40(62)50-23-37(45)59)19-27-14-15-28-9-5-6-10-29(28)18-27/h5-6,8-11,14-15,17-18,22,25,32-36H,3-4,7,12-13,16,19-21,23-24H2,1-2H3,(H2,45,59)(H,48,52)(H,50,62)(H,51,61)(H,53,58)(H,54,60)(H,55,65)(H,56,63)(H,57,64)(H4,46,47,49)/t32-,33-,34-,35-,36+/m0/s1. The van der Waals surface area contributed by atoms with Crippen LogP contribution in [0.5, 0.6) is 0 Å². The van der Waals surface area contributed by atoms with Crippen LogP contribution in [-0.2, 0) is 57.6 Å². The van der Waals surface area contributed by atoms with Gasteiger partial charge in [-0.15, -0.1) is 11.3 Å². The molecule has 8 amide bonds. The topological polar surface area (TPSA) is 340 Å². The quantitative estimate of drug-likeness (QED) is 0.0197. The molecule has 5 atom stereocenters. The van der Waals surface area contributed by atoms with Crippen LogP contribution < -0.4 is 54.4 Å². The molecule has 0 fully saturated rings. The average molecular weight is 930 g/mol. The van der Waals surface area contributed by atoms with E-state index in [4.69, 9.17) is 17.2 Å². The van der Waals surface area contributed by atoms with Crippen LogP contribution in [-0.4, -0.2) is 113 Å². The number of primary amides is 1. The predicted molar refractivity (Wildman–Crippen MR) is 248 cm³/mol. The number of H-pyrrole nitrogens is 1. The van der Waals surface area contributed by atoms with Crippen molar-refractivity contribution in [2.75, 3.05) is 19.6 Å². The smallest absolute Gasteiger partial charge is 0.243 e. The molecule has 66 heavy (non-hydrogen) atoms. The number of hydrogen-bond donors (Lipinski definition) is 11. The Morgan fingerprint density at radius 1 is 0.682 bits per heavy atom. The number of guanidine groups is 1. The van der Waals surface area contributed by atoms with Crippen molar-refractivity contribution in [3.05, 3.63) is 88.6 Å². The molecular weight excluding hydrogens is 871 g/mol. The summed E-state index contributed by atoms with van der Waals surface area (Å²) in [7, 11) is 0. The summed E-state index contributed by atoms with van der Waals surface area (Å²) in [5, 5.41) is 22.0. The molecule has 14 N–H and O–H groups in total. The molecule has 22 heteroatoms. The van der Waals surface area contributed by atoms with Gasteiger partial charge in [-0.05, 0) is 47.0 Å². The van der Waals surface area contributed by atoms with Crippen molar-refractivity contribution >= 4 is 75.3 Å². The molecule has 0 aliphatic rings. The minimum atomic E-state index is -1.30. The highest BCUT2D eigenvalue weighted by Gasteiger charge is 2.32. The van der Waals surface area contributed by atoms with E-state index in [-0.39, 0.29) is 44.6 Å². The van der Waals surface area contributed by atoms with Crippen molar-refractivity contribution in [3.63, 3.8) is 0 Å². The molecule has 0 unspecified atom stereocenters. The van der Waals surface area contributed by atoms with Gasteiger partial charge in [-0.3, -0.25) is 43.3 Å². The number of rotatable bonds is 27. The Balaban J connectivity index is 1.57. The van der Waals surface area contributed by atoms with Crippen molar-refractivity contribution in [3.8, 4) is 0 Å². The first-order chi connectivity index (χ1) is 31.6. The first-order valence-electron chi connectivity index (χ1n) is 21.5. The maximum Gasteiger partial charge on any atom is 0.243 e. The fourth-order valence-electron chi connectivity index (χ4n) is 6.82. The molecule has 21 nitrogen and oxygen atoms in total. The molecule has 0 spiro atoms. The first-order valence-corrected chi connectivity index (χ1v) is 22.3. The number of nitrogens with zero attached hydrogens (tertiary/aromatic N) is 2. The maximum absolute atomic E-state index is 14.3. The zero-order valence-electron chi connectivity index (χ0n) is 36.9. The van der Waals surface area contributed by atoms with Crippen LogP contribution in [0.25, 0.3) is 10.8 Å². The van der Waals surface area contributed by atoms with E-state index in [1.807, 2.05) is 49.4 Å². The molecule has 0 radical (unpaired) electrons. The van der Waals surface area contributed by atoms with Crippen molar-refractivity contribution in [1.82, 2.24) is 47.2 Å². The third-order valence-electron chi connectivity index (χ3n) is 10.1. The van der Waals surface area contributed by atoms with E-state index in [9.17, 15) is 38.4 Å². The van der Waals surface area contributed by atoms with Gasteiger partial charge in [-0.2, -0.15) is 0 Å². The Hall–Kier alpha value is -7.36. The Morgan fingerprint density at radius 3 is 1.94 bits per heavy atom. The fraction of sp³-hybridized carbons (Fsp3) is 0.409. The number of aliphatic imine (C=N–C) groups is 1. The summed E-state index contributed by atoms with van der Waals surface area (Å²) in [5.74, 6) is -5.66. The lowest BCUT2D eigenvalue weighted by Gasteiger charge is -2.26. The number of amides is 8. The Kier molecular flexibility index (Phi) is 20.5. The van der Waals surface area contributed by atoms with Gasteiger partial charge >= 0.3 is 0 Å². The van der Waals surface area contributed by atoms with Gasteiger partial charge < -0.3 is 59.4 Å². The third-order valence-corrected chi connectivity index (χ3v) is 11.0. The van der Waals surface area contributed by atoms with Gasteiger partial charge in [0.05, 0.1) is 19.4 Å². The zero-order valence-corrected chi connectivity index (χ0v) is 37.7. The van der Waals surface area contributed by atoms with Gasteiger partial charge in [0, 0.05) is 49.5 Å². The second-order valence-corrected chi connectivity index (χ2v) is 16.5. The highest BCUT2D eigenvalue weighted by molar-refractivity contribution is 7.09. The normalized spacial score (nSPS) is 13.1. The number of hydrogen-bond acceptors (Lipinski definition) is 11. The van der Waals surface area contributed by atoms with E-state index < -0.39 is 90.6 Å². The van der Waals surface area contributed by atoms with Crippen LogP contribution in [0.4, 0.5) is 0 Å². The highest BCUT2D eigenvalue weighted by Crippen LogP contribution is 2.18. The number of fused-ring (bicyclic) bond motifs is 1. The lowest BCUT2D eigenvalue weighted by Crippen LogP contribution is -2.59. The van der Waals surface area contributed by atoms with Gasteiger partial charge in [-0.1, -0.05) is 68.3 Å².